The van der Waals surface area contributed by atoms with Crippen molar-refractivity contribution in [2.75, 3.05) is 11.9 Å². The second-order valence-electron chi connectivity index (χ2n) is 7.26. The molecular formula is C23H22FN3O2S. The molecule has 1 atom stereocenters. The molecule has 0 fully saturated rings. The summed E-state index contributed by atoms with van der Waals surface area (Å²) in [4.78, 5) is 30.5. The van der Waals surface area contributed by atoms with Crippen molar-refractivity contribution < 1.29 is 14.0 Å². The van der Waals surface area contributed by atoms with Crippen molar-refractivity contribution in [1.82, 2.24) is 10.3 Å². The number of thiazole rings is 1. The molecule has 154 valence electrons. The zero-order valence-electron chi connectivity index (χ0n) is 16.4. The average molecular weight is 424 g/mol. The summed E-state index contributed by atoms with van der Waals surface area (Å²) in [5.41, 5.74) is 2.38. The highest BCUT2D eigenvalue weighted by Gasteiger charge is 2.32. The lowest BCUT2D eigenvalue weighted by Crippen LogP contribution is -2.29. The Kier molecular flexibility index (Phi) is 6.18. The third-order valence-electron chi connectivity index (χ3n) is 5.15. The van der Waals surface area contributed by atoms with Gasteiger partial charge in [0.05, 0.1) is 11.6 Å². The van der Waals surface area contributed by atoms with Crippen LogP contribution in [0.2, 0.25) is 0 Å². The Hall–Kier alpha value is -3.06. The lowest BCUT2D eigenvalue weighted by Gasteiger charge is -2.11. The number of fused-ring (bicyclic) bond motifs is 1. The Balaban J connectivity index is 1.31. The smallest absolute Gasteiger partial charge is 0.257 e. The second kappa shape index (κ2) is 9.17. The molecule has 5 nitrogen and oxygen atoms in total. The number of anilines is 1. The monoisotopic (exact) mass is 423 g/mol. The van der Waals surface area contributed by atoms with E-state index in [0.717, 1.165) is 36.3 Å². The van der Waals surface area contributed by atoms with E-state index in [2.05, 4.69) is 27.8 Å². The SMILES string of the molecule is O=C(Nc1nc2c(s1)CC[C@H]2C(=O)NCCCc1ccccc1)c1ccc(F)cc1. The zero-order chi connectivity index (χ0) is 20.9. The molecule has 0 radical (unpaired) electrons. The Bertz CT molecular complexity index is 1030. The van der Waals surface area contributed by atoms with E-state index in [9.17, 15) is 14.0 Å². The maximum absolute atomic E-state index is 13.0. The van der Waals surface area contributed by atoms with Gasteiger partial charge in [0.1, 0.15) is 5.82 Å². The van der Waals surface area contributed by atoms with Gasteiger partial charge < -0.3 is 5.32 Å². The lowest BCUT2D eigenvalue weighted by atomic mass is 10.1. The third-order valence-corrected chi connectivity index (χ3v) is 6.19. The van der Waals surface area contributed by atoms with Gasteiger partial charge in [0.2, 0.25) is 5.91 Å². The van der Waals surface area contributed by atoms with E-state index in [-0.39, 0.29) is 17.7 Å². The van der Waals surface area contributed by atoms with Crippen LogP contribution in [0, 0.1) is 5.82 Å². The van der Waals surface area contributed by atoms with Crippen LogP contribution < -0.4 is 10.6 Å². The highest BCUT2D eigenvalue weighted by molar-refractivity contribution is 7.16. The van der Waals surface area contributed by atoms with Crippen LogP contribution >= 0.6 is 11.3 Å². The number of hydrogen-bond acceptors (Lipinski definition) is 4. The van der Waals surface area contributed by atoms with Crippen LogP contribution in [0.3, 0.4) is 0 Å². The van der Waals surface area contributed by atoms with Crippen molar-refractivity contribution >= 4 is 28.3 Å². The zero-order valence-corrected chi connectivity index (χ0v) is 17.2. The number of carbonyl (C=O) groups excluding carboxylic acids is 2. The second-order valence-corrected chi connectivity index (χ2v) is 8.34. The molecule has 30 heavy (non-hydrogen) atoms. The summed E-state index contributed by atoms with van der Waals surface area (Å²) >= 11 is 1.40. The molecule has 0 aliphatic heterocycles. The van der Waals surface area contributed by atoms with Crippen molar-refractivity contribution in [3.05, 3.63) is 82.1 Å². The fourth-order valence-corrected chi connectivity index (χ4v) is 4.61. The summed E-state index contributed by atoms with van der Waals surface area (Å²) in [6.07, 6.45) is 3.32. The quantitative estimate of drug-likeness (QED) is 0.556. The van der Waals surface area contributed by atoms with Gasteiger partial charge in [-0.2, -0.15) is 0 Å². The molecule has 1 heterocycles. The number of hydrogen-bond donors (Lipinski definition) is 2. The van der Waals surface area contributed by atoms with Crippen LogP contribution in [0.1, 0.15) is 45.3 Å². The molecule has 2 amide bonds. The fourth-order valence-electron chi connectivity index (χ4n) is 3.58. The standard InChI is InChI=1S/C23H22FN3O2S/c24-17-10-8-16(9-11-17)21(28)27-23-26-20-18(12-13-19(20)30-23)22(29)25-14-4-7-15-5-2-1-3-6-15/h1-3,5-6,8-11,18H,4,7,12-14H2,(H,25,29)(H,26,27,28)/t18-/m1/s1. The molecule has 3 aromatic rings. The minimum Gasteiger partial charge on any atom is -0.356 e. The van der Waals surface area contributed by atoms with Crippen molar-refractivity contribution in [3.63, 3.8) is 0 Å². The fraction of sp³-hybridized carbons (Fsp3) is 0.261. The Morgan fingerprint density at radius 2 is 1.87 bits per heavy atom. The molecule has 4 rings (SSSR count). The number of halogens is 1. The summed E-state index contributed by atoms with van der Waals surface area (Å²) in [5.74, 6) is -1.02. The third kappa shape index (κ3) is 4.74. The number of rotatable bonds is 7. The Morgan fingerprint density at radius 3 is 2.63 bits per heavy atom. The molecule has 2 N–H and O–H groups in total. The summed E-state index contributed by atoms with van der Waals surface area (Å²) in [5, 5.41) is 6.24. The Labute approximate surface area is 178 Å². The van der Waals surface area contributed by atoms with E-state index in [1.165, 1.54) is 41.2 Å². The minimum atomic E-state index is -0.391. The number of aryl methyl sites for hydroxylation is 2. The van der Waals surface area contributed by atoms with Crippen LogP contribution in [-0.2, 0) is 17.6 Å². The first-order valence-electron chi connectivity index (χ1n) is 9.98. The van der Waals surface area contributed by atoms with Crippen LogP contribution in [-0.4, -0.2) is 23.3 Å². The lowest BCUT2D eigenvalue weighted by molar-refractivity contribution is -0.122. The van der Waals surface area contributed by atoms with Gasteiger partial charge in [0, 0.05) is 17.0 Å². The van der Waals surface area contributed by atoms with E-state index in [1.54, 1.807) is 0 Å². The number of carbonyl (C=O) groups is 2. The van der Waals surface area contributed by atoms with E-state index >= 15 is 0 Å². The van der Waals surface area contributed by atoms with E-state index in [4.69, 9.17) is 0 Å². The molecule has 0 saturated heterocycles. The molecule has 1 aliphatic rings. The summed E-state index contributed by atoms with van der Waals surface area (Å²) in [7, 11) is 0. The molecular weight excluding hydrogens is 401 g/mol. The summed E-state index contributed by atoms with van der Waals surface area (Å²) in [6.45, 7) is 0.623. The van der Waals surface area contributed by atoms with Crippen molar-refractivity contribution in [1.29, 1.82) is 0 Å². The molecule has 0 saturated carbocycles. The van der Waals surface area contributed by atoms with Gasteiger partial charge in [-0.05, 0) is 55.5 Å². The van der Waals surface area contributed by atoms with E-state index < -0.39 is 5.82 Å². The van der Waals surface area contributed by atoms with Crippen molar-refractivity contribution in [2.24, 2.45) is 0 Å². The van der Waals surface area contributed by atoms with Gasteiger partial charge in [0.15, 0.2) is 5.13 Å². The largest absolute Gasteiger partial charge is 0.356 e. The molecule has 1 aliphatic carbocycles. The first-order valence-corrected chi connectivity index (χ1v) is 10.8. The van der Waals surface area contributed by atoms with Gasteiger partial charge in [0.25, 0.3) is 5.91 Å². The topological polar surface area (TPSA) is 71.1 Å². The Morgan fingerprint density at radius 1 is 1.10 bits per heavy atom. The van der Waals surface area contributed by atoms with Crippen LogP contribution in [0.5, 0.6) is 0 Å². The van der Waals surface area contributed by atoms with Crippen molar-refractivity contribution in [3.8, 4) is 0 Å². The van der Waals surface area contributed by atoms with Gasteiger partial charge >= 0.3 is 0 Å². The maximum Gasteiger partial charge on any atom is 0.257 e. The summed E-state index contributed by atoms with van der Waals surface area (Å²) < 4.78 is 13.0. The number of amides is 2. The molecule has 1 aromatic heterocycles. The molecule has 2 aromatic carbocycles. The van der Waals surface area contributed by atoms with Crippen LogP contribution in [0.25, 0.3) is 0 Å². The number of nitrogens with zero attached hydrogens (tertiary/aromatic N) is 1. The van der Waals surface area contributed by atoms with Crippen LogP contribution in [0.4, 0.5) is 9.52 Å². The molecule has 7 heteroatoms. The molecule has 0 bridgehead atoms. The molecule has 0 unspecified atom stereocenters. The summed E-state index contributed by atoms with van der Waals surface area (Å²) in [6, 6.07) is 15.5. The number of nitrogens with one attached hydrogen (secondary N) is 2. The predicted octanol–water partition coefficient (Wildman–Crippen LogP) is 4.31. The first-order chi connectivity index (χ1) is 14.6. The maximum atomic E-state index is 13.0. The van der Waals surface area contributed by atoms with E-state index in [0.29, 0.717) is 17.2 Å². The van der Waals surface area contributed by atoms with E-state index in [1.807, 2.05) is 18.2 Å². The van der Waals surface area contributed by atoms with Crippen molar-refractivity contribution in [2.45, 2.75) is 31.6 Å². The molecule has 0 spiro atoms. The average Bonchev–Trinajstić information content (AvgIpc) is 3.32. The van der Waals surface area contributed by atoms with Crippen LogP contribution in [0.15, 0.2) is 54.6 Å². The number of aromatic nitrogens is 1. The highest BCUT2D eigenvalue weighted by atomic mass is 32.1. The van der Waals surface area contributed by atoms with Gasteiger partial charge in [-0.15, -0.1) is 11.3 Å². The minimum absolute atomic E-state index is 0.0106. The van der Waals surface area contributed by atoms with Gasteiger partial charge in [-0.3, -0.25) is 14.9 Å². The number of benzene rings is 2. The van der Waals surface area contributed by atoms with Gasteiger partial charge in [-0.25, -0.2) is 9.37 Å². The van der Waals surface area contributed by atoms with Gasteiger partial charge in [-0.1, -0.05) is 30.3 Å². The predicted molar refractivity (Wildman–Crippen MR) is 115 cm³/mol. The normalized spacial score (nSPS) is 14.9. The highest BCUT2D eigenvalue weighted by Crippen LogP contribution is 2.38. The first kappa shape index (κ1) is 20.2.